The van der Waals surface area contributed by atoms with E-state index in [1.807, 2.05) is 37.3 Å². The summed E-state index contributed by atoms with van der Waals surface area (Å²) < 4.78 is 11.6. The fraction of sp³-hybridized carbons (Fsp3) is 0.333. The molecule has 1 atom stereocenters. The topological polar surface area (TPSA) is 37.3 Å². The predicted molar refractivity (Wildman–Crippen MR) is 65.1 cm³/mol. The average molecular weight is 224 g/mol. The van der Waals surface area contributed by atoms with Crippen molar-refractivity contribution in [3.8, 4) is 0 Å². The molecule has 0 heterocycles. The largest absolute Gasteiger partial charge is 0.341 e. The Morgan fingerprint density at radius 3 is 2.60 bits per heavy atom. The fourth-order valence-electron chi connectivity index (χ4n) is 1.23. The Kier molecular flexibility index (Phi) is 4.80. The molecule has 1 rings (SSSR count). The molecule has 1 N–H and O–H groups in total. The zero-order valence-electron chi connectivity index (χ0n) is 8.97. The lowest BCUT2D eigenvalue weighted by atomic mass is 10.2. The molecule has 0 saturated carbocycles. The number of unbranched alkanes of at least 4 members (excludes halogenated alkanes) is 1. The van der Waals surface area contributed by atoms with Crippen LogP contribution in [-0.2, 0) is 4.57 Å². The van der Waals surface area contributed by atoms with Gasteiger partial charge in [0.2, 0.25) is 7.37 Å². The van der Waals surface area contributed by atoms with Gasteiger partial charge in [-0.1, -0.05) is 43.7 Å². The predicted octanol–water partition coefficient (Wildman–Crippen LogP) is 3.73. The molecule has 1 aromatic carbocycles. The summed E-state index contributed by atoms with van der Waals surface area (Å²) in [6.45, 7) is 2.01. The highest BCUT2D eigenvalue weighted by Crippen LogP contribution is 2.43. The minimum Gasteiger partial charge on any atom is -0.341 e. The molecular formula is C12H17O2P. The standard InChI is InChI=1S/C12H17O2P/c1-2-3-10-15(13,14)11-9-12-7-5-4-6-8-12/h4-9,11H,2-3,10H2,1H3,(H,13,14)/b11-9+. The van der Waals surface area contributed by atoms with E-state index in [1.54, 1.807) is 6.08 Å². The summed E-state index contributed by atoms with van der Waals surface area (Å²) in [6.07, 6.45) is 3.85. The van der Waals surface area contributed by atoms with Crippen molar-refractivity contribution in [2.24, 2.45) is 0 Å². The van der Waals surface area contributed by atoms with E-state index in [9.17, 15) is 9.46 Å². The second kappa shape index (κ2) is 5.89. The van der Waals surface area contributed by atoms with E-state index in [4.69, 9.17) is 0 Å². The third-order valence-electron chi connectivity index (χ3n) is 2.13. The summed E-state index contributed by atoms with van der Waals surface area (Å²) in [6, 6.07) is 9.57. The van der Waals surface area contributed by atoms with Gasteiger partial charge in [0.25, 0.3) is 0 Å². The molecule has 15 heavy (non-hydrogen) atoms. The Hall–Kier alpha value is -0.850. The van der Waals surface area contributed by atoms with Gasteiger partial charge in [0.1, 0.15) is 0 Å². The van der Waals surface area contributed by atoms with Gasteiger partial charge < -0.3 is 4.89 Å². The van der Waals surface area contributed by atoms with Crippen molar-refractivity contribution >= 4 is 13.4 Å². The van der Waals surface area contributed by atoms with E-state index in [1.165, 1.54) is 5.82 Å². The van der Waals surface area contributed by atoms with E-state index < -0.39 is 7.37 Å². The van der Waals surface area contributed by atoms with Crippen LogP contribution in [-0.4, -0.2) is 11.1 Å². The molecule has 0 aromatic heterocycles. The molecule has 2 nitrogen and oxygen atoms in total. The van der Waals surface area contributed by atoms with E-state index in [0.29, 0.717) is 6.16 Å². The van der Waals surface area contributed by atoms with Crippen LogP contribution >= 0.6 is 7.37 Å². The van der Waals surface area contributed by atoms with Crippen LogP contribution in [0.15, 0.2) is 36.1 Å². The van der Waals surface area contributed by atoms with Crippen LogP contribution in [0.1, 0.15) is 25.3 Å². The molecule has 0 aliphatic rings. The maximum atomic E-state index is 11.6. The normalized spacial score (nSPS) is 15.3. The molecule has 1 unspecified atom stereocenters. The second-order valence-corrected chi connectivity index (χ2v) is 5.82. The van der Waals surface area contributed by atoms with Crippen LogP contribution in [0.25, 0.3) is 6.08 Å². The van der Waals surface area contributed by atoms with E-state index in [-0.39, 0.29) is 0 Å². The Balaban J connectivity index is 2.61. The highest BCUT2D eigenvalue weighted by Gasteiger charge is 2.11. The fourth-order valence-corrected chi connectivity index (χ4v) is 2.55. The Morgan fingerprint density at radius 2 is 2.00 bits per heavy atom. The molecule has 0 spiro atoms. The van der Waals surface area contributed by atoms with Crippen LogP contribution < -0.4 is 0 Å². The van der Waals surface area contributed by atoms with Crippen molar-refractivity contribution in [2.45, 2.75) is 19.8 Å². The van der Waals surface area contributed by atoms with Crippen LogP contribution in [0.5, 0.6) is 0 Å². The van der Waals surface area contributed by atoms with E-state index in [2.05, 4.69) is 0 Å². The molecular weight excluding hydrogens is 207 g/mol. The van der Waals surface area contributed by atoms with E-state index >= 15 is 0 Å². The molecule has 0 bridgehead atoms. The van der Waals surface area contributed by atoms with Gasteiger partial charge in [-0.2, -0.15) is 0 Å². The summed E-state index contributed by atoms with van der Waals surface area (Å²) in [5.74, 6) is 1.44. The minimum atomic E-state index is -3.06. The van der Waals surface area contributed by atoms with Crippen LogP contribution in [0.2, 0.25) is 0 Å². The van der Waals surface area contributed by atoms with Crippen LogP contribution in [0, 0.1) is 0 Å². The molecule has 0 aliphatic heterocycles. The van der Waals surface area contributed by atoms with Gasteiger partial charge in [-0.3, -0.25) is 4.57 Å². The summed E-state index contributed by atoms with van der Waals surface area (Å²) in [5, 5.41) is 0. The van der Waals surface area contributed by atoms with Gasteiger partial charge in [0.05, 0.1) is 0 Å². The lowest BCUT2D eigenvalue weighted by Crippen LogP contribution is -1.84. The molecule has 1 aromatic rings. The van der Waals surface area contributed by atoms with Crippen LogP contribution in [0.4, 0.5) is 0 Å². The Labute approximate surface area is 91.1 Å². The summed E-state index contributed by atoms with van der Waals surface area (Å²) in [7, 11) is -3.06. The Morgan fingerprint density at radius 1 is 1.33 bits per heavy atom. The monoisotopic (exact) mass is 224 g/mol. The third kappa shape index (κ3) is 4.96. The number of hydrogen-bond acceptors (Lipinski definition) is 1. The quantitative estimate of drug-likeness (QED) is 0.774. The third-order valence-corrected chi connectivity index (χ3v) is 3.70. The van der Waals surface area contributed by atoms with Gasteiger partial charge in [0, 0.05) is 12.0 Å². The zero-order chi connectivity index (χ0) is 11.1. The van der Waals surface area contributed by atoms with Crippen molar-refractivity contribution < 1.29 is 9.46 Å². The van der Waals surface area contributed by atoms with Crippen molar-refractivity contribution in [1.82, 2.24) is 0 Å². The van der Waals surface area contributed by atoms with Gasteiger partial charge in [-0.05, 0) is 18.1 Å². The minimum absolute atomic E-state index is 0.382. The van der Waals surface area contributed by atoms with Crippen molar-refractivity contribution in [3.05, 3.63) is 41.7 Å². The van der Waals surface area contributed by atoms with Gasteiger partial charge in [-0.15, -0.1) is 0 Å². The number of rotatable bonds is 5. The SMILES string of the molecule is CCCCP(=O)(O)/C=C/c1ccccc1. The zero-order valence-corrected chi connectivity index (χ0v) is 9.86. The van der Waals surface area contributed by atoms with Crippen LogP contribution in [0.3, 0.4) is 0 Å². The first kappa shape index (κ1) is 12.2. The van der Waals surface area contributed by atoms with Gasteiger partial charge >= 0.3 is 0 Å². The van der Waals surface area contributed by atoms with E-state index in [0.717, 1.165) is 18.4 Å². The Bertz CT molecular complexity index is 357. The molecule has 0 aliphatic carbocycles. The molecule has 0 amide bonds. The highest BCUT2D eigenvalue weighted by molar-refractivity contribution is 7.61. The molecule has 3 heteroatoms. The lowest BCUT2D eigenvalue weighted by molar-refractivity contribution is 0.486. The van der Waals surface area contributed by atoms with Gasteiger partial charge in [-0.25, -0.2) is 0 Å². The smallest absolute Gasteiger partial charge is 0.222 e. The second-order valence-electron chi connectivity index (χ2n) is 3.56. The number of hydrogen-bond donors (Lipinski definition) is 1. The number of benzene rings is 1. The molecule has 82 valence electrons. The summed E-state index contributed by atoms with van der Waals surface area (Å²) in [4.78, 5) is 9.58. The first-order chi connectivity index (χ1) is 7.14. The maximum absolute atomic E-state index is 11.6. The lowest BCUT2D eigenvalue weighted by Gasteiger charge is -2.04. The average Bonchev–Trinajstić information content (AvgIpc) is 2.25. The molecule has 0 saturated heterocycles. The van der Waals surface area contributed by atoms with Crippen molar-refractivity contribution in [3.63, 3.8) is 0 Å². The van der Waals surface area contributed by atoms with Crippen molar-refractivity contribution in [2.75, 3.05) is 6.16 Å². The first-order valence-corrected chi connectivity index (χ1v) is 7.11. The summed E-state index contributed by atoms with van der Waals surface area (Å²) >= 11 is 0. The molecule has 0 fully saturated rings. The first-order valence-electron chi connectivity index (χ1n) is 5.20. The maximum Gasteiger partial charge on any atom is 0.222 e. The molecule has 0 radical (unpaired) electrons. The van der Waals surface area contributed by atoms with Gasteiger partial charge in [0.15, 0.2) is 0 Å². The summed E-state index contributed by atoms with van der Waals surface area (Å²) in [5.41, 5.74) is 0.961. The van der Waals surface area contributed by atoms with Crippen molar-refractivity contribution in [1.29, 1.82) is 0 Å². The highest BCUT2D eigenvalue weighted by atomic mass is 31.2.